The number of rotatable bonds is 11. The van der Waals surface area contributed by atoms with Crippen LogP contribution in [0.4, 0.5) is 14.9 Å². The molecule has 1 fully saturated rings. The molecular formula is C34H35ClFN5O6S. The van der Waals surface area contributed by atoms with Crippen LogP contribution in [0, 0.1) is 5.82 Å². The van der Waals surface area contributed by atoms with Gasteiger partial charge in [-0.2, -0.15) is 4.31 Å². The van der Waals surface area contributed by atoms with Gasteiger partial charge >= 0.3 is 6.09 Å². The normalized spacial score (nSPS) is 16.6. The number of hydrogen-bond donors (Lipinski definition) is 3. The third-order valence-electron chi connectivity index (χ3n) is 8.37. The van der Waals surface area contributed by atoms with E-state index in [4.69, 9.17) is 22.1 Å². The van der Waals surface area contributed by atoms with Crippen LogP contribution in [0.3, 0.4) is 0 Å². The highest BCUT2D eigenvalue weighted by molar-refractivity contribution is 7.89. The van der Waals surface area contributed by atoms with Crippen LogP contribution < -0.4 is 15.8 Å². The van der Waals surface area contributed by atoms with Crippen molar-refractivity contribution in [2.75, 3.05) is 32.1 Å². The minimum atomic E-state index is -3.97. The van der Waals surface area contributed by atoms with Gasteiger partial charge in [-0.3, -0.25) is 4.79 Å². The van der Waals surface area contributed by atoms with E-state index in [1.165, 1.54) is 41.7 Å². The van der Waals surface area contributed by atoms with Crippen LogP contribution in [0.5, 0.6) is 5.88 Å². The molecule has 3 aromatic carbocycles. The minimum absolute atomic E-state index is 0.000523. The summed E-state index contributed by atoms with van der Waals surface area (Å²) in [4.78, 5) is 31.0. The summed E-state index contributed by atoms with van der Waals surface area (Å²) in [5.41, 5.74) is 8.24. The molecule has 252 valence electrons. The molecule has 3 atom stereocenters. The Bertz CT molecular complexity index is 1850. The number of nitrogens with one attached hydrogen (secondary N) is 1. The Hall–Kier alpha value is -4.56. The van der Waals surface area contributed by atoms with E-state index in [1.807, 2.05) is 0 Å². The quantitative estimate of drug-likeness (QED) is 0.199. The summed E-state index contributed by atoms with van der Waals surface area (Å²) in [6.07, 6.45) is 0.473. The molecule has 1 unspecified atom stereocenters. The third-order valence-corrected chi connectivity index (χ3v) is 10.6. The highest BCUT2D eigenvalue weighted by Crippen LogP contribution is 2.31. The van der Waals surface area contributed by atoms with Gasteiger partial charge in [0.1, 0.15) is 5.82 Å². The molecule has 1 saturated heterocycles. The molecule has 14 heteroatoms. The Balaban J connectivity index is 1.40. The van der Waals surface area contributed by atoms with Gasteiger partial charge in [-0.1, -0.05) is 54.1 Å². The summed E-state index contributed by atoms with van der Waals surface area (Å²) in [5.74, 6) is -1.48. The number of carboxylic acid groups (broad SMARTS) is 1. The predicted octanol–water partition coefficient (Wildman–Crippen LogP) is 4.97. The van der Waals surface area contributed by atoms with Gasteiger partial charge in [0, 0.05) is 60.1 Å². The Labute approximate surface area is 283 Å². The summed E-state index contributed by atoms with van der Waals surface area (Å²) >= 11 is 6.11. The summed E-state index contributed by atoms with van der Waals surface area (Å²) < 4.78 is 49.0. The van der Waals surface area contributed by atoms with Crippen molar-refractivity contribution in [3.8, 4) is 5.88 Å². The largest absolute Gasteiger partial charge is 0.481 e. The number of halogens is 2. The van der Waals surface area contributed by atoms with Crippen LogP contribution in [-0.4, -0.2) is 78.5 Å². The van der Waals surface area contributed by atoms with Gasteiger partial charge in [0.25, 0.3) is 0 Å². The number of benzene rings is 3. The number of methoxy groups -OCH3 is 1. The molecule has 0 spiro atoms. The number of nitrogens with zero attached hydrogens (tertiary/aromatic N) is 3. The Morgan fingerprint density at radius 2 is 1.75 bits per heavy atom. The number of aromatic nitrogens is 1. The van der Waals surface area contributed by atoms with Gasteiger partial charge in [0.05, 0.1) is 18.0 Å². The number of carbonyl (C=O) groups is 2. The van der Waals surface area contributed by atoms with Gasteiger partial charge < -0.3 is 25.8 Å². The maximum absolute atomic E-state index is 15.4. The number of nitrogens with two attached hydrogens (primary N) is 1. The molecule has 5 rings (SSSR count). The van der Waals surface area contributed by atoms with Crippen LogP contribution in [0.15, 0.2) is 96.0 Å². The van der Waals surface area contributed by atoms with Crippen LogP contribution in [0.25, 0.3) is 0 Å². The predicted molar refractivity (Wildman–Crippen MR) is 179 cm³/mol. The standard InChI is InChI=1S/C34H35ClFN5O6S/c1-47-30-17-12-23(20-38-30)31(22-10-13-24(35)14-11-22)32(37)33(42)39-29-9-5-8-28(36)27(29)16-15-25-21-40(34(43)44)18-19-41(25)48(45,46)26-6-3-2-4-7-26/h2-14,17,20,25,31-32H,15-16,18-19,21,37H2,1H3,(H,39,42)(H,43,44)/t25?,31-,32-/m0/s1. The molecule has 11 nitrogen and oxygen atoms in total. The summed E-state index contributed by atoms with van der Waals surface area (Å²) in [6, 6.07) is 20.5. The number of ether oxygens (including phenoxy) is 1. The average molecular weight is 696 g/mol. The first-order valence-electron chi connectivity index (χ1n) is 15.1. The first-order valence-corrected chi connectivity index (χ1v) is 17.0. The van der Waals surface area contributed by atoms with Crippen molar-refractivity contribution in [3.63, 3.8) is 0 Å². The van der Waals surface area contributed by atoms with Gasteiger partial charge in [-0.05, 0) is 60.4 Å². The number of hydrogen-bond acceptors (Lipinski definition) is 7. The van der Waals surface area contributed by atoms with Crippen molar-refractivity contribution in [3.05, 3.63) is 119 Å². The molecule has 0 saturated carbocycles. The van der Waals surface area contributed by atoms with Gasteiger partial charge in [0.2, 0.25) is 21.8 Å². The molecule has 2 heterocycles. The fourth-order valence-electron chi connectivity index (χ4n) is 5.87. The number of pyridine rings is 1. The Morgan fingerprint density at radius 3 is 2.40 bits per heavy atom. The van der Waals surface area contributed by atoms with E-state index in [0.29, 0.717) is 22.0 Å². The first kappa shape index (κ1) is 34.8. The molecule has 1 aliphatic heterocycles. The van der Waals surface area contributed by atoms with Crippen LogP contribution >= 0.6 is 11.6 Å². The highest BCUT2D eigenvalue weighted by atomic mass is 35.5. The van der Waals surface area contributed by atoms with Crippen molar-refractivity contribution < 1.29 is 32.2 Å². The van der Waals surface area contributed by atoms with Crippen LogP contribution in [-0.2, 0) is 21.2 Å². The zero-order valence-electron chi connectivity index (χ0n) is 26.0. The molecule has 0 aliphatic carbocycles. The second-order valence-corrected chi connectivity index (χ2v) is 13.6. The zero-order valence-corrected chi connectivity index (χ0v) is 27.6. The summed E-state index contributed by atoms with van der Waals surface area (Å²) in [6.45, 7) is -0.160. The van der Waals surface area contributed by atoms with Crippen molar-refractivity contribution in [2.24, 2.45) is 5.73 Å². The van der Waals surface area contributed by atoms with Gasteiger partial charge in [0.15, 0.2) is 0 Å². The lowest BCUT2D eigenvalue weighted by Crippen LogP contribution is -2.56. The van der Waals surface area contributed by atoms with Crippen LogP contribution in [0.1, 0.15) is 29.0 Å². The number of piperazine rings is 1. The molecule has 1 aromatic heterocycles. The summed E-state index contributed by atoms with van der Waals surface area (Å²) in [7, 11) is -2.48. The monoisotopic (exact) mass is 695 g/mol. The number of amides is 2. The third kappa shape index (κ3) is 7.76. The van der Waals surface area contributed by atoms with Crippen molar-refractivity contribution in [1.29, 1.82) is 0 Å². The van der Waals surface area contributed by atoms with Crippen molar-refractivity contribution >= 4 is 39.3 Å². The number of anilines is 1. The van der Waals surface area contributed by atoms with Gasteiger partial charge in [-0.15, -0.1) is 0 Å². The molecule has 4 aromatic rings. The van der Waals surface area contributed by atoms with E-state index in [9.17, 15) is 23.1 Å². The molecule has 2 amide bonds. The molecule has 0 radical (unpaired) electrons. The maximum atomic E-state index is 15.4. The maximum Gasteiger partial charge on any atom is 0.407 e. The Morgan fingerprint density at radius 1 is 1.04 bits per heavy atom. The second kappa shape index (κ2) is 15.1. The fourth-order valence-corrected chi connectivity index (χ4v) is 7.66. The molecule has 0 bridgehead atoms. The SMILES string of the molecule is COc1ccc([C@H](c2ccc(Cl)cc2)[C@H](N)C(=O)Nc2cccc(F)c2CCC2CN(C(=O)O)CCN2S(=O)(=O)c2ccccc2)cn1. The van der Waals surface area contributed by atoms with E-state index >= 15 is 4.39 Å². The van der Waals surface area contributed by atoms with E-state index in [1.54, 1.807) is 60.8 Å². The zero-order chi connectivity index (χ0) is 34.4. The van der Waals surface area contributed by atoms with E-state index in [2.05, 4.69) is 10.3 Å². The van der Waals surface area contributed by atoms with Crippen molar-refractivity contribution in [2.45, 2.75) is 35.7 Å². The van der Waals surface area contributed by atoms with E-state index in [-0.39, 0.29) is 48.6 Å². The molecule has 4 N–H and O–H groups in total. The molecule has 48 heavy (non-hydrogen) atoms. The first-order chi connectivity index (χ1) is 23.0. The van der Waals surface area contributed by atoms with E-state index in [0.717, 1.165) is 4.90 Å². The van der Waals surface area contributed by atoms with Gasteiger partial charge in [-0.25, -0.2) is 22.6 Å². The lowest BCUT2D eigenvalue weighted by atomic mass is 9.85. The highest BCUT2D eigenvalue weighted by Gasteiger charge is 2.37. The summed E-state index contributed by atoms with van der Waals surface area (Å²) in [5, 5.41) is 12.9. The minimum Gasteiger partial charge on any atom is -0.481 e. The smallest absolute Gasteiger partial charge is 0.407 e. The molecule has 1 aliphatic rings. The van der Waals surface area contributed by atoms with E-state index < -0.39 is 45.8 Å². The Kier molecular flexibility index (Phi) is 10.9. The van der Waals surface area contributed by atoms with Crippen LogP contribution in [0.2, 0.25) is 5.02 Å². The van der Waals surface area contributed by atoms with Crippen molar-refractivity contribution in [1.82, 2.24) is 14.2 Å². The number of carbonyl (C=O) groups excluding carboxylic acids is 1. The lowest BCUT2D eigenvalue weighted by molar-refractivity contribution is -0.117. The molecular weight excluding hydrogens is 661 g/mol. The lowest BCUT2D eigenvalue weighted by Gasteiger charge is -2.39. The second-order valence-electron chi connectivity index (χ2n) is 11.3. The number of sulfonamides is 1. The fraction of sp³-hybridized carbons (Fsp3) is 0.265. The topological polar surface area (TPSA) is 155 Å². The average Bonchev–Trinajstić information content (AvgIpc) is 3.09.